The molecule has 21 N–H and O–H groups in total. The van der Waals surface area contributed by atoms with Crippen LogP contribution in [0.25, 0.3) is 11.1 Å². The number of ether oxygens (including phenoxy) is 6. The van der Waals surface area contributed by atoms with E-state index in [0.717, 1.165) is 44.2 Å². The molecule has 15 bridgehead atoms. The molecule has 14 atom stereocenters. The van der Waals surface area contributed by atoms with E-state index in [1.807, 2.05) is 13.8 Å². The lowest BCUT2D eigenvalue weighted by Gasteiger charge is -2.54. The summed E-state index contributed by atoms with van der Waals surface area (Å²) in [6.45, 7) is 7.47. The van der Waals surface area contributed by atoms with Gasteiger partial charge in [-0.3, -0.25) is 43.7 Å². The molecule has 1 saturated heterocycles. The van der Waals surface area contributed by atoms with Crippen molar-refractivity contribution in [1.82, 2.24) is 58.5 Å². The van der Waals surface area contributed by atoms with Crippen LogP contribution in [0.3, 0.4) is 0 Å². The second-order valence-corrected chi connectivity index (χ2v) is 32.5. The van der Waals surface area contributed by atoms with Crippen molar-refractivity contribution in [2.75, 3.05) is 59.3 Å². The number of aliphatic hydroxyl groups is 5. The number of likely N-dealkylation sites (N-methyl/N-ethyl adjacent to an activating group) is 3. The number of nitrogens with one attached hydrogen (secondary N) is 12. The van der Waals surface area contributed by atoms with Gasteiger partial charge in [0, 0.05) is 37.3 Å². The minimum Gasteiger partial charge on any atom is -0.508 e. The number of hydrogen-bond donors (Lipinski definition) is 20. The molecular weight excluding hydrogens is 1580 g/mol. The number of carbonyl (C=O) groups excluding carboxylic acids is 9. The lowest BCUT2D eigenvalue weighted by atomic mass is 9.54. The Bertz CT molecular complexity index is 4870. The van der Waals surface area contributed by atoms with E-state index in [9.17, 15) is 50.1 Å². The first kappa shape index (κ1) is 86.9. The maximum atomic E-state index is 16.6. The van der Waals surface area contributed by atoms with Crippen LogP contribution in [0.2, 0.25) is 5.02 Å². The van der Waals surface area contributed by atoms with E-state index >= 15 is 28.8 Å². The topological polar surface area (TPSA) is 521 Å². The molecule has 0 radical (unpaired) electrons. The van der Waals surface area contributed by atoms with Gasteiger partial charge in [-0.2, -0.15) is 0 Å². The lowest BCUT2D eigenvalue weighted by molar-refractivity contribution is -0.270. The van der Waals surface area contributed by atoms with Gasteiger partial charge >= 0.3 is 6.03 Å². The summed E-state index contributed by atoms with van der Waals surface area (Å²) in [5.41, 5.74) is 5.63. The van der Waals surface area contributed by atoms with E-state index in [2.05, 4.69) is 63.8 Å². The second-order valence-electron chi connectivity index (χ2n) is 32.1. The Morgan fingerprint density at radius 2 is 1.27 bits per heavy atom. The SMILES string of the molecule is CNCCOc1ccc(OCCNC)c(NC(=O)NC(=O)C[C@@H]2NC(=O)[C@H](NC(=O)[C@@H](CC(C)C)NC)[C@H](O)c3ccc(c(C)c3)Oc3cc4cc(c3O[C@@H]3O[C@H](CN)[C@@H](O)[C@H](O)[C@H]3O)Oc3ccc(cc3Cl)[C@@H](O)[C@@H]3NC(=O)[C@H](NC(=O)[C@@H]4NC2=O)c2ccc(O)c(c2)-c2c(C)cc(O)cc2[C@@H](C(=O)NC2C4CC5CC(C4)CC2C5)NC3=O)c1. The van der Waals surface area contributed by atoms with Gasteiger partial charge in [-0.1, -0.05) is 43.6 Å². The van der Waals surface area contributed by atoms with Crippen molar-refractivity contribution in [3.05, 3.63) is 141 Å². The number of benzene rings is 6. The number of aryl methyl sites for hydroxylation is 2. The number of nitrogens with two attached hydrogens (primary N) is 1. The van der Waals surface area contributed by atoms with Crippen LogP contribution in [0.1, 0.15) is 128 Å². The van der Waals surface area contributed by atoms with Crippen LogP contribution in [0.5, 0.6) is 51.7 Å². The molecule has 36 heteroatoms. The molecule has 6 aromatic rings. The zero-order valence-corrected chi connectivity index (χ0v) is 67.7. The van der Waals surface area contributed by atoms with Crippen molar-refractivity contribution in [1.29, 1.82) is 0 Å². The van der Waals surface area contributed by atoms with E-state index in [1.165, 1.54) is 92.8 Å². The Morgan fingerprint density at radius 3 is 1.93 bits per heavy atom. The molecule has 16 rings (SSSR count). The van der Waals surface area contributed by atoms with Crippen molar-refractivity contribution in [2.24, 2.45) is 35.3 Å². The van der Waals surface area contributed by atoms with Gasteiger partial charge in [0.2, 0.25) is 59.3 Å². The highest BCUT2D eigenvalue weighted by Crippen LogP contribution is 2.55. The highest BCUT2D eigenvalue weighted by Gasteiger charge is 2.51. The highest BCUT2D eigenvalue weighted by molar-refractivity contribution is 6.32. The molecule has 0 aromatic heterocycles. The first-order valence-electron chi connectivity index (χ1n) is 40.0. The summed E-state index contributed by atoms with van der Waals surface area (Å²) in [5.74, 6) is -10.7. The Labute approximate surface area is 695 Å². The highest BCUT2D eigenvalue weighted by atomic mass is 35.5. The first-order valence-corrected chi connectivity index (χ1v) is 40.4. The molecule has 10 aliphatic rings. The summed E-state index contributed by atoms with van der Waals surface area (Å²) in [7, 11) is 4.92. The number of imide groups is 1. The molecule has 5 fully saturated rings. The van der Waals surface area contributed by atoms with E-state index in [1.54, 1.807) is 27.1 Å². The average Bonchev–Trinajstić information content (AvgIpc) is 0.754. The maximum absolute atomic E-state index is 16.6. The summed E-state index contributed by atoms with van der Waals surface area (Å²) < 4.78 is 37.8. The molecule has 4 saturated carbocycles. The summed E-state index contributed by atoms with van der Waals surface area (Å²) in [6.07, 6.45) is -9.75. The molecule has 642 valence electrons. The Hall–Kier alpha value is -11.0. The van der Waals surface area contributed by atoms with Gasteiger partial charge in [-0.25, -0.2) is 4.79 Å². The molecule has 6 aliphatic heterocycles. The van der Waals surface area contributed by atoms with Gasteiger partial charge in [-0.05, 0) is 220 Å². The molecule has 0 spiro atoms. The van der Waals surface area contributed by atoms with E-state index in [4.69, 9.17) is 45.8 Å². The summed E-state index contributed by atoms with van der Waals surface area (Å²) in [4.78, 5) is 139. The third-order valence-corrected chi connectivity index (χ3v) is 23.4. The second kappa shape index (κ2) is 37.4. The van der Waals surface area contributed by atoms with Crippen molar-refractivity contribution in [3.63, 3.8) is 0 Å². The van der Waals surface area contributed by atoms with Crippen LogP contribution in [0.15, 0.2) is 97.1 Å². The number of halogens is 1. The van der Waals surface area contributed by atoms with Gasteiger partial charge in [0.25, 0.3) is 0 Å². The predicted molar refractivity (Wildman–Crippen MR) is 432 cm³/mol. The summed E-state index contributed by atoms with van der Waals surface area (Å²) in [5, 5.41) is 116. The molecule has 35 nitrogen and oxygen atoms in total. The van der Waals surface area contributed by atoms with E-state index in [0.29, 0.717) is 24.9 Å². The predicted octanol–water partition coefficient (Wildman–Crippen LogP) is 3.01. The molecule has 120 heavy (non-hydrogen) atoms. The zero-order chi connectivity index (χ0) is 85.8. The quantitative estimate of drug-likeness (QED) is 0.0460. The number of fused-ring (bicyclic) bond motifs is 15. The van der Waals surface area contributed by atoms with Crippen molar-refractivity contribution < 1.29 is 107 Å². The number of anilines is 1. The molecule has 0 unspecified atom stereocenters. The number of phenolic OH excluding ortho intramolecular Hbond substituents is 2. The molecular formula is C84H102ClN13O22. The fourth-order valence-electron chi connectivity index (χ4n) is 17.3. The van der Waals surface area contributed by atoms with Crippen LogP contribution < -0.4 is 93.2 Å². The minimum atomic E-state index is -2.33. The summed E-state index contributed by atoms with van der Waals surface area (Å²) in [6, 6.07) is 5.67. The van der Waals surface area contributed by atoms with Crippen molar-refractivity contribution in [2.45, 2.75) is 164 Å². The van der Waals surface area contributed by atoms with Crippen LogP contribution in [-0.2, 0) is 43.1 Å². The minimum absolute atomic E-state index is 0.0170. The number of carbonyl (C=O) groups is 9. The number of phenols is 2. The van der Waals surface area contributed by atoms with E-state index in [-0.39, 0.29) is 127 Å². The lowest BCUT2D eigenvalue weighted by Crippen LogP contribution is -2.60. The first-order chi connectivity index (χ1) is 57.4. The zero-order valence-electron chi connectivity index (χ0n) is 67.0. The third kappa shape index (κ3) is 19.1. The van der Waals surface area contributed by atoms with Gasteiger partial charge in [0.05, 0.1) is 23.2 Å². The number of hydrogen-bond acceptors (Lipinski definition) is 26. The van der Waals surface area contributed by atoms with Crippen LogP contribution >= 0.6 is 11.6 Å². The number of aromatic hydroxyl groups is 2. The smallest absolute Gasteiger partial charge is 0.325 e. The third-order valence-electron chi connectivity index (χ3n) is 23.1. The molecule has 6 heterocycles. The maximum Gasteiger partial charge on any atom is 0.325 e. The van der Waals surface area contributed by atoms with E-state index < -0.39 is 180 Å². The van der Waals surface area contributed by atoms with Gasteiger partial charge < -0.3 is 128 Å². The fourth-order valence-corrected chi connectivity index (χ4v) is 17.5. The largest absolute Gasteiger partial charge is 0.508 e. The van der Waals surface area contributed by atoms with Gasteiger partial charge in [-0.15, -0.1) is 0 Å². The van der Waals surface area contributed by atoms with Crippen LogP contribution in [-0.4, -0.2) is 204 Å². The Balaban J connectivity index is 0.987. The number of aliphatic hydroxyl groups excluding tert-OH is 5. The van der Waals surface area contributed by atoms with Crippen molar-refractivity contribution in [3.8, 4) is 62.9 Å². The molecule has 10 amide bonds. The molecule has 6 aromatic carbocycles. The Morgan fingerprint density at radius 1 is 0.625 bits per heavy atom. The molecule has 4 aliphatic carbocycles. The number of urea groups is 1. The van der Waals surface area contributed by atoms with Crippen LogP contribution in [0.4, 0.5) is 10.5 Å². The van der Waals surface area contributed by atoms with Crippen molar-refractivity contribution >= 4 is 70.6 Å². The standard InChI is InChI=1S/C84H102ClN13O22/c1-36(2)20-53(89-7)76(107)97-68-70(102)42-9-13-56(37(3)21-42)117-59-30-46-31-60(75(59)120-83-74(106)73(105)72(104)61(35-86)119-83)118-57-14-10-43(29-51(57)85)71(103)69-82(113)96-67(80(111)93-64-44-24-39-23-40(26-44)27-45(64)25-39)50-32-47(99)22-38(4)63(50)49-28-41(8-12-55(49)100)65(78(109)98-69)95-79(110)66(46)94-77(108)54(90-81(68)112)34-62(101)92-84(114)91-52-33-48(115-18-16-87-5)11-15-58(52)116-19-17-88-6/h8-15,21-22,28-33,36,39-40,44-45,53-54,61,64-74,83,87-89,99-100,102-106H,16-20,23-27,34-35,86H2,1-7H3,(H,90,112)(H,93,111)(H,94,108)(H,95,110)(H,96,113)(H,97,107)(H,98,109)(H2,91,92,101,114)/t39?,40?,44?,45?,53-,54+,61-,64?,65-,66-,67+,68-,69+,70-,71-,72-,73+,74-,83+/m1/s1. The van der Waals surface area contributed by atoms with Gasteiger partial charge in [0.1, 0.15) is 121 Å². The summed E-state index contributed by atoms with van der Waals surface area (Å²) >= 11 is 7.23. The van der Waals surface area contributed by atoms with Crippen LogP contribution in [0, 0.1) is 43.4 Å². The number of rotatable bonds is 21. The van der Waals surface area contributed by atoms with Gasteiger partial charge in [0.15, 0.2) is 11.5 Å². The average molecular weight is 1680 g/mol. The normalized spacial score (nSPS) is 27.2. The number of amides is 10. The fraction of sp³-hybridized carbons (Fsp3) is 0.464. The monoisotopic (exact) mass is 1680 g/mol. The Kier molecular flexibility index (Phi) is 27.0.